The van der Waals surface area contributed by atoms with Crippen LogP contribution in [0.1, 0.15) is 58.8 Å². The number of benzene rings is 1. The number of anilines is 2. The minimum atomic E-state index is -0.388. The fraction of sp³-hybridized carbons (Fsp3) is 0.400. The maximum absolute atomic E-state index is 12.5. The van der Waals surface area contributed by atoms with Crippen LogP contribution >= 0.6 is 0 Å². The van der Waals surface area contributed by atoms with E-state index in [9.17, 15) is 9.59 Å². The lowest BCUT2D eigenvalue weighted by Gasteiger charge is -2.22. The van der Waals surface area contributed by atoms with Gasteiger partial charge in [-0.2, -0.15) is 0 Å². The minimum absolute atomic E-state index is 0.170. The molecular formula is C20H24N4O3. The molecule has 2 aromatic rings. The molecule has 1 saturated carbocycles. The summed E-state index contributed by atoms with van der Waals surface area (Å²) in [6, 6.07) is 8.71. The molecule has 1 aliphatic rings. The Morgan fingerprint density at radius 1 is 1.07 bits per heavy atom. The molecule has 7 nitrogen and oxygen atoms in total. The molecule has 0 unspecified atom stereocenters. The summed E-state index contributed by atoms with van der Waals surface area (Å²) >= 11 is 0. The van der Waals surface area contributed by atoms with E-state index in [-0.39, 0.29) is 17.9 Å². The topological polar surface area (TPSA) is 93.2 Å². The molecule has 0 saturated heterocycles. The molecule has 1 fully saturated rings. The summed E-state index contributed by atoms with van der Waals surface area (Å²) in [6.45, 7) is 1.75. The van der Waals surface area contributed by atoms with Crippen molar-refractivity contribution in [2.45, 2.75) is 45.1 Å². The van der Waals surface area contributed by atoms with Crippen LogP contribution in [0.4, 0.5) is 11.5 Å². The van der Waals surface area contributed by atoms with Gasteiger partial charge in [0.05, 0.1) is 12.7 Å². The Labute approximate surface area is 158 Å². The van der Waals surface area contributed by atoms with Gasteiger partial charge in [0.15, 0.2) is 0 Å². The zero-order chi connectivity index (χ0) is 19.2. The van der Waals surface area contributed by atoms with Crippen LogP contribution in [-0.2, 0) is 4.74 Å². The van der Waals surface area contributed by atoms with E-state index in [0.717, 1.165) is 31.4 Å². The number of aromatic nitrogens is 2. The fourth-order valence-corrected chi connectivity index (χ4v) is 3.21. The Balaban J connectivity index is 1.71. The molecule has 3 rings (SSSR count). The van der Waals surface area contributed by atoms with E-state index >= 15 is 0 Å². The van der Waals surface area contributed by atoms with E-state index in [2.05, 4.69) is 20.6 Å². The number of nitrogens with one attached hydrogen (secondary N) is 2. The summed E-state index contributed by atoms with van der Waals surface area (Å²) in [5.74, 6) is 0.486. The van der Waals surface area contributed by atoms with Crippen molar-refractivity contribution in [1.82, 2.24) is 15.3 Å². The van der Waals surface area contributed by atoms with Gasteiger partial charge in [-0.1, -0.05) is 19.3 Å². The first-order valence-electron chi connectivity index (χ1n) is 9.17. The van der Waals surface area contributed by atoms with Crippen molar-refractivity contribution in [1.29, 1.82) is 0 Å². The highest BCUT2D eigenvalue weighted by Gasteiger charge is 2.18. The molecule has 1 amide bonds. The van der Waals surface area contributed by atoms with Crippen molar-refractivity contribution in [3.8, 4) is 0 Å². The zero-order valence-electron chi connectivity index (χ0n) is 15.6. The maximum atomic E-state index is 12.5. The van der Waals surface area contributed by atoms with Gasteiger partial charge in [0.25, 0.3) is 5.91 Å². The number of carbonyl (C=O) groups is 2. The minimum Gasteiger partial charge on any atom is -0.465 e. The molecule has 0 bridgehead atoms. The van der Waals surface area contributed by atoms with E-state index in [4.69, 9.17) is 4.74 Å². The first kappa shape index (κ1) is 18.8. The van der Waals surface area contributed by atoms with Crippen LogP contribution < -0.4 is 10.6 Å². The lowest BCUT2D eigenvalue weighted by atomic mass is 9.95. The Kier molecular flexibility index (Phi) is 6.01. The lowest BCUT2D eigenvalue weighted by molar-refractivity contribution is 0.0600. The van der Waals surface area contributed by atoms with Gasteiger partial charge in [-0.05, 0) is 44.0 Å². The average molecular weight is 368 g/mol. The molecule has 2 N–H and O–H groups in total. The third kappa shape index (κ3) is 5.03. The van der Waals surface area contributed by atoms with Crippen LogP contribution in [0.25, 0.3) is 0 Å². The SMILES string of the molecule is COC(=O)c1ccc(Nc2cc(C(=O)NC3CCCCC3)nc(C)n2)cc1. The van der Waals surface area contributed by atoms with Gasteiger partial charge in [-0.25, -0.2) is 14.8 Å². The van der Waals surface area contributed by atoms with Crippen LogP contribution in [0, 0.1) is 6.92 Å². The van der Waals surface area contributed by atoms with Gasteiger partial charge in [0.2, 0.25) is 0 Å². The molecule has 1 aliphatic carbocycles. The summed E-state index contributed by atoms with van der Waals surface area (Å²) in [7, 11) is 1.35. The number of esters is 1. The second-order valence-corrected chi connectivity index (χ2v) is 6.69. The summed E-state index contributed by atoms with van der Waals surface area (Å²) in [4.78, 5) is 32.6. The Hall–Kier alpha value is -2.96. The number of aryl methyl sites for hydroxylation is 1. The number of hydrogen-bond donors (Lipinski definition) is 2. The maximum Gasteiger partial charge on any atom is 0.337 e. The molecular weight excluding hydrogens is 344 g/mol. The number of carbonyl (C=O) groups excluding carboxylic acids is 2. The largest absolute Gasteiger partial charge is 0.465 e. The first-order chi connectivity index (χ1) is 13.0. The van der Waals surface area contributed by atoms with E-state index in [1.807, 2.05) is 0 Å². The standard InChI is InChI=1S/C20H24N4O3/c1-13-21-17(19(25)24-15-6-4-3-5-7-15)12-18(22-13)23-16-10-8-14(9-11-16)20(26)27-2/h8-12,15H,3-7H2,1-2H3,(H,24,25)(H,21,22,23). The van der Waals surface area contributed by atoms with Crippen LogP contribution in [0.2, 0.25) is 0 Å². The fourth-order valence-electron chi connectivity index (χ4n) is 3.21. The number of hydrogen-bond acceptors (Lipinski definition) is 6. The van der Waals surface area contributed by atoms with Crippen LogP contribution in [0.5, 0.6) is 0 Å². The Bertz CT molecular complexity index is 814. The molecule has 0 aliphatic heterocycles. The number of methoxy groups -OCH3 is 1. The highest BCUT2D eigenvalue weighted by atomic mass is 16.5. The normalized spacial score (nSPS) is 14.4. The van der Waals surface area contributed by atoms with Crippen LogP contribution in [-0.4, -0.2) is 35.0 Å². The van der Waals surface area contributed by atoms with Crippen LogP contribution in [0.3, 0.4) is 0 Å². The van der Waals surface area contributed by atoms with E-state index in [1.165, 1.54) is 13.5 Å². The van der Waals surface area contributed by atoms with E-state index in [1.54, 1.807) is 37.3 Å². The Morgan fingerprint density at radius 2 is 1.78 bits per heavy atom. The average Bonchev–Trinajstić information content (AvgIpc) is 2.68. The third-order valence-corrected chi connectivity index (χ3v) is 4.59. The van der Waals surface area contributed by atoms with Crippen molar-refractivity contribution < 1.29 is 14.3 Å². The summed E-state index contributed by atoms with van der Waals surface area (Å²) < 4.78 is 4.69. The van der Waals surface area contributed by atoms with Crippen molar-refractivity contribution in [2.24, 2.45) is 0 Å². The van der Waals surface area contributed by atoms with Crippen molar-refractivity contribution in [3.63, 3.8) is 0 Å². The highest BCUT2D eigenvalue weighted by Crippen LogP contribution is 2.19. The second-order valence-electron chi connectivity index (χ2n) is 6.69. The summed E-state index contributed by atoms with van der Waals surface area (Å²) in [5, 5.41) is 6.22. The van der Waals surface area contributed by atoms with Gasteiger partial charge < -0.3 is 15.4 Å². The van der Waals surface area contributed by atoms with Crippen LogP contribution in [0.15, 0.2) is 30.3 Å². The molecule has 1 aromatic carbocycles. The number of ether oxygens (including phenoxy) is 1. The predicted molar refractivity (Wildman–Crippen MR) is 102 cm³/mol. The zero-order valence-corrected chi connectivity index (χ0v) is 15.6. The smallest absolute Gasteiger partial charge is 0.337 e. The van der Waals surface area contributed by atoms with Gasteiger partial charge in [0.1, 0.15) is 17.3 Å². The monoisotopic (exact) mass is 368 g/mol. The quantitative estimate of drug-likeness (QED) is 0.786. The highest BCUT2D eigenvalue weighted by molar-refractivity contribution is 5.93. The van der Waals surface area contributed by atoms with E-state index < -0.39 is 0 Å². The van der Waals surface area contributed by atoms with Crippen molar-refractivity contribution >= 4 is 23.4 Å². The number of nitrogens with zero attached hydrogens (tertiary/aromatic N) is 2. The van der Waals surface area contributed by atoms with Gasteiger partial charge in [0, 0.05) is 17.8 Å². The first-order valence-corrected chi connectivity index (χ1v) is 9.17. The van der Waals surface area contributed by atoms with Gasteiger partial charge in [-0.15, -0.1) is 0 Å². The lowest BCUT2D eigenvalue weighted by Crippen LogP contribution is -2.36. The molecule has 7 heteroatoms. The van der Waals surface area contributed by atoms with E-state index in [0.29, 0.717) is 22.9 Å². The second kappa shape index (κ2) is 8.62. The predicted octanol–water partition coefficient (Wildman–Crippen LogP) is 3.38. The number of rotatable bonds is 5. The molecule has 0 atom stereocenters. The molecule has 1 aromatic heterocycles. The summed E-state index contributed by atoms with van der Waals surface area (Å²) in [5.41, 5.74) is 1.57. The molecule has 1 heterocycles. The molecule has 142 valence electrons. The summed E-state index contributed by atoms with van der Waals surface area (Å²) in [6.07, 6.45) is 5.59. The van der Waals surface area contributed by atoms with Crippen molar-refractivity contribution in [2.75, 3.05) is 12.4 Å². The molecule has 27 heavy (non-hydrogen) atoms. The molecule has 0 spiro atoms. The van der Waals surface area contributed by atoms with Gasteiger partial charge >= 0.3 is 5.97 Å². The molecule has 0 radical (unpaired) electrons. The third-order valence-electron chi connectivity index (χ3n) is 4.59. The number of amides is 1. The Morgan fingerprint density at radius 3 is 2.44 bits per heavy atom. The van der Waals surface area contributed by atoms with Crippen molar-refractivity contribution in [3.05, 3.63) is 47.4 Å². The van der Waals surface area contributed by atoms with Gasteiger partial charge in [-0.3, -0.25) is 4.79 Å².